The molecular weight excluding hydrogens is 405 g/mol. The van der Waals surface area contributed by atoms with Gasteiger partial charge in [0.25, 0.3) is 0 Å². The van der Waals surface area contributed by atoms with Crippen LogP contribution in [0.3, 0.4) is 0 Å². The third-order valence-corrected chi connectivity index (χ3v) is 6.94. The third kappa shape index (κ3) is 2.73. The van der Waals surface area contributed by atoms with Gasteiger partial charge in [0.1, 0.15) is 17.5 Å². The number of hydrogen-bond donors (Lipinski definition) is 0. The van der Waals surface area contributed by atoms with Gasteiger partial charge in [0.2, 0.25) is 5.91 Å². The Hall–Kier alpha value is -3.16. The van der Waals surface area contributed by atoms with E-state index in [9.17, 15) is 18.0 Å². The first-order chi connectivity index (χ1) is 14.9. The Morgan fingerprint density at radius 1 is 1.10 bits per heavy atom. The van der Waals surface area contributed by atoms with Crippen molar-refractivity contribution >= 4 is 23.0 Å². The maximum Gasteiger partial charge on any atom is 0.249 e. The Kier molecular flexibility index (Phi) is 3.71. The number of fused-ring (bicyclic) bond motifs is 1. The lowest BCUT2D eigenvalue weighted by molar-refractivity contribution is -0.223. The van der Waals surface area contributed by atoms with Crippen molar-refractivity contribution in [1.82, 2.24) is 14.8 Å². The van der Waals surface area contributed by atoms with Gasteiger partial charge in [-0.25, -0.2) is 18.2 Å². The molecule has 158 valence electrons. The molecule has 1 aromatic heterocycles. The zero-order valence-electron chi connectivity index (χ0n) is 16.6. The molecule has 1 unspecified atom stereocenters. The van der Waals surface area contributed by atoms with Crippen LogP contribution in [0.2, 0.25) is 0 Å². The number of carbonyl (C=O) groups excluding carboxylic acids is 1. The second-order valence-corrected chi connectivity index (χ2v) is 9.21. The second-order valence-electron chi connectivity index (χ2n) is 9.21. The van der Waals surface area contributed by atoms with Crippen LogP contribution in [0.1, 0.15) is 37.3 Å². The molecule has 4 aliphatic rings. The quantitative estimate of drug-likeness (QED) is 0.616. The monoisotopic (exact) mass is 424 g/mol. The molecule has 0 radical (unpaired) electrons. The molecule has 0 saturated heterocycles. The maximum atomic E-state index is 13.9. The first-order valence-electron chi connectivity index (χ1n) is 10.3. The lowest BCUT2D eigenvalue weighted by Gasteiger charge is -2.69. The number of hydrogen-bond acceptors (Lipinski definition) is 3. The van der Waals surface area contributed by atoms with Gasteiger partial charge in [0.05, 0.1) is 22.4 Å². The van der Waals surface area contributed by atoms with Crippen LogP contribution in [0.25, 0.3) is 10.9 Å². The number of amides is 1. The molecule has 7 rings (SSSR count). The van der Waals surface area contributed by atoms with Crippen molar-refractivity contribution in [3.05, 3.63) is 65.6 Å². The van der Waals surface area contributed by atoms with Crippen molar-refractivity contribution in [3.8, 4) is 0 Å². The Bertz CT molecular complexity index is 1230. The molecule has 0 N–H and O–H groups in total. The van der Waals surface area contributed by atoms with E-state index >= 15 is 0 Å². The highest BCUT2D eigenvalue weighted by molar-refractivity contribution is 5.88. The number of hydrazone groups is 1. The lowest BCUT2D eigenvalue weighted by Crippen LogP contribution is -2.68. The third-order valence-electron chi connectivity index (χ3n) is 6.94. The van der Waals surface area contributed by atoms with E-state index in [1.807, 2.05) is 0 Å². The van der Waals surface area contributed by atoms with E-state index in [2.05, 4.69) is 10.2 Å². The maximum absolute atomic E-state index is 13.9. The predicted octanol–water partition coefficient (Wildman–Crippen LogP) is 4.58. The van der Waals surface area contributed by atoms with Crippen LogP contribution in [-0.2, 0) is 11.3 Å². The number of aromatic nitrogens is 2. The van der Waals surface area contributed by atoms with Crippen molar-refractivity contribution in [2.45, 2.75) is 38.3 Å². The summed E-state index contributed by atoms with van der Waals surface area (Å²) in [6.45, 7) is 0.637. The summed E-state index contributed by atoms with van der Waals surface area (Å²) in [5, 5.41) is 10.6. The number of carbonyl (C=O) groups is 1. The predicted molar refractivity (Wildman–Crippen MR) is 107 cm³/mol. The largest absolute Gasteiger partial charge is 0.272 e. The number of nitrogens with zero attached hydrogens (tertiary/aromatic N) is 4. The Morgan fingerprint density at radius 3 is 2.55 bits per heavy atom. The van der Waals surface area contributed by atoms with E-state index in [4.69, 9.17) is 0 Å². The zero-order valence-corrected chi connectivity index (χ0v) is 16.6. The van der Waals surface area contributed by atoms with Gasteiger partial charge in [-0.1, -0.05) is 6.07 Å². The minimum atomic E-state index is -0.665. The van der Waals surface area contributed by atoms with Crippen LogP contribution >= 0.6 is 0 Å². The van der Waals surface area contributed by atoms with Crippen molar-refractivity contribution in [1.29, 1.82) is 0 Å². The molecule has 1 amide bonds. The summed E-state index contributed by atoms with van der Waals surface area (Å²) in [5.41, 5.74) is 0.547. The van der Waals surface area contributed by atoms with E-state index < -0.39 is 23.1 Å². The SMILES string of the molecule is O=C(N1N=CCC1c1cc(F)cc(F)c1)C12CC(Cn3cc4c(F)cccc4n3)(C1)C2. The minimum Gasteiger partial charge on any atom is -0.272 e. The molecular formula is C23H19F3N4O. The van der Waals surface area contributed by atoms with Gasteiger partial charge >= 0.3 is 0 Å². The summed E-state index contributed by atoms with van der Waals surface area (Å²) in [6, 6.07) is 7.69. The smallest absolute Gasteiger partial charge is 0.249 e. The van der Waals surface area contributed by atoms with Crippen molar-refractivity contribution in [3.63, 3.8) is 0 Å². The van der Waals surface area contributed by atoms with E-state index in [0.29, 0.717) is 48.7 Å². The fraction of sp³-hybridized carbons (Fsp3) is 0.348. The second kappa shape index (κ2) is 6.18. The highest BCUT2D eigenvalue weighted by Gasteiger charge is 2.72. The van der Waals surface area contributed by atoms with Gasteiger partial charge in [-0.15, -0.1) is 0 Å². The van der Waals surface area contributed by atoms with E-state index in [1.165, 1.54) is 23.2 Å². The average Bonchev–Trinajstić information content (AvgIpc) is 3.29. The number of benzene rings is 2. The molecule has 31 heavy (non-hydrogen) atoms. The summed E-state index contributed by atoms with van der Waals surface area (Å²) < 4.78 is 43.1. The normalized spacial score (nSPS) is 28.6. The standard InChI is InChI=1S/C23H19F3N4O/c24-15-6-14(7-16(25)8-15)20-4-5-27-30(20)21(31)23-10-22(11-23,12-23)13-29-9-17-18(26)2-1-3-19(17)28-29/h1-3,5-9,20H,4,10-13H2. The summed E-state index contributed by atoms with van der Waals surface area (Å²) in [5.74, 6) is -1.71. The molecule has 2 aromatic carbocycles. The first-order valence-corrected chi connectivity index (χ1v) is 10.3. The van der Waals surface area contributed by atoms with Crippen molar-refractivity contribution < 1.29 is 18.0 Å². The fourth-order valence-corrected chi connectivity index (χ4v) is 5.77. The molecule has 1 aliphatic heterocycles. The van der Waals surface area contributed by atoms with Gasteiger partial charge in [0, 0.05) is 31.4 Å². The topological polar surface area (TPSA) is 50.5 Å². The van der Waals surface area contributed by atoms with Crippen LogP contribution in [0.4, 0.5) is 13.2 Å². The molecule has 3 aliphatic carbocycles. The molecule has 1 atom stereocenters. The van der Waals surface area contributed by atoms with E-state index in [1.54, 1.807) is 29.2 Å². The molecule has 3 aromatic rings. The lowest BCUT2D eigenvalue weighted by atomic mass is 9.34. The van der Waals surface area contributed by atoms with Crippen LogP contribution in [-0.4, -0.2) is 26.9 Å². The molecule has 2 bridgehead atoms. The van der Waals surface area contributed by atoms with Gasteiger partial charge in [-0.2, -0.15) is 10.2 Å². The number of rotatable bonds is 4. The van der Waals surface area contributed by atoms with Crippen LogP contribution in [0, 0.1) is 28.3 Å². The van der Waals surface area contributed by atoms with Gasteiger partial charge < -0.3 is 0 Å². The van der Waals surface area contributed by atoms with Crippen LogP contribution in [0.15, 0.2) is 47.7 Å². The Labute approximate surface area is 176 Å². The Balaban J connectivity index is 1.17. The summed E-state index contributed by atoms with van der Waals surface area (Å²) in [4.78, 5) is 13.3. The first kappa shape index (κ1) is 18.6. The molecule has 3 fully saturated rings. The highest BCUT2D eigenvalue weighted by atomic mass is 19.1. The molecule has 2 heterocycles. The van der Waals surface area contributed by atoms with Crippen LogP contribution < -0.4 is 0 Å². The molecule has 5 nitrogen and oxygen atoms in total. The van der Waals surface area contributed by atoms with Gasteiger partial charge in [0.15, 0.2) is 0 Å². The number of halogens is 3. The summed E-state index contributed by atoms with van der Waals surface area (Å²) in [6.07, 6.45) is 5.92. The molecule has 3 saturated carbocycles. The zero-order chi connectivity index (χ0) is 21.4. The Morgan fingerprint density at radius 2 is 1.84 bits per heavy atom. The van der Waals surface area contributed by atoms with E-state index in [0.717, 1.165) is 6.07 Å². The summed E-state index contributed by atoms with van der Waals surface area (Å²) in [7, 11) is 0. The fourth-order valence-electron chi connectivity index (χ4n) is 5.77. The van der Waals surface area contributed by atoms with E-state index in [-0.39, 0.29) is 17.1 Å². The van der Waals surface area contributed by atoms with Gasteiger partial charge in [-0.05, 0) is 54.5 Å². The van der Waals surface area contributed by atoms with Crippen molar-refractivity contribution in [2.75, 3.05) is 0 Å². The highest BCUT2D eigenvalue weighted by Crippen LogP contribution is 2.74. The van der Waals surface area contributed by atoms with Crippen LogP contribution in [0.5, 0.6) is 0 Å². The molecule has 8 heteroatoms. The van der Waals surface area contributed by atoms with Gasteiger partial charge in [-0.3, -0.25) is 9.48 Å². The average molecular weight is 424 g/mol. The molecule has 0 spiro atoms. The summed E-state index contributed by atoms with van der Waals surface area (Å²) >= 11 is 0. The minimum absolute atomic E-state index is 0.0158. The van der Waals surface area contributed by atoms with Crippen molar-refractivity contribution in [2.24, 2.45) is 15.9 Å².